The van der Waals surface area contributed by atoms with Crippen molar-refractivity contribution in [3.8, 4) is 10.6 Å². The van der Waals surface area contributed by atoms with Gasteiger partial charge in [0.25, 0.3) is 5.56 Å². The van der Waals surface area contributed by atoms with Crippen molar-refractivity contribution in [1.82, 2.24) is 14.8 Å². The fourth-order valence-corrected chi connectivity index (χ4v) is 3.90. The maximum Gasteiger partial charge on any atom is 0.359 e. The number of esters is 1. The van der Waals surface area contributed by atoms with E-state index in [2.05, 4.69) is 10.1 Å². The Morgan fingerprint density at radius 3 is 2.60 bits per heavy atom. The minimum atomic E-state index is -0.621. The Bertz CT molecular complexity index is 1240. The first-order valence-electron chi connectivity index (χ1n) is 9.09. The molecule has 0 N–H and O–H groups in total. The van der Waals surface area contributed by atoms with Gasteiger partial charge in [0.2, 0.25) is 0 Å². The minimum Gasteiger partial charge on any atom is -0.454 e. The van der Waals surface area contributed by atoms with Crippen molar-refractivity contribution >= 4 is 28.9 Å². The van der Waals surface area contributed by atoms with Crippen LogP contribution in [0.5, 0.6) is 0 Å². The monoisotopic (exact) mass is 437 g/mol. The zero-order valence-electron chi connectivity index (χ0n) is 15.7. The van der Waals surface area contributed by atoms with Gasteiger partial charge >= 0.3 is 5.97 Å². The second-order valence-corrected chi connectivity index (χ2v) is 7.67. The van der Waals surface area contributed by atoms with Crippen LogP contribution >= 0.6 is 22.9 Å². The lowest BCUT2D eigenvalue weighted by atomic mass is 10.2. The van der Waals surface area contributed by atoms with Gasteiger partial charge in [0, 0.05) is 17.0 Å². The van der Waals surface area contributed by atoms with Crippen LogP contribution in [-0.4, -0.2) is 20.7 Å². The normalized spacial score (nSPS) is 10.7. The van der Waals surface area contributed by atoms with Gasteiger partial charge in [-0.15, -0.1) is 11.3 Å². The highest BCUT2D eigenvalue weighted by molar-refractivity contribution is 7.13. The first kappa shape index (κ1) is 20.0. The van der Waals surface area contributed by atoms with Gasteiger partial charge in [-0.2, -0.15) is 5.10 Å². The molecule has 30 heavy (non-hydrogen) atoms. The number of carbonyl (C=O) groups is 1. The number of halogens is 1. The van der Waals surface area contributed by atoms with Crippen LogP contribution in [-0.2, 0) is 17.9 Å². The molecule has 0 fully saturated rings. The Labute approximate surface area is 181 Å². The summed E-state index contributed by atoms with van der Waals surface area (Å²) in [5.74, 6) is -0.621. The molecule has 0 saturated heterocycles. The highest BCUT2D eigenvalue weighted by Gasteiger charge is 2.14. The summed E-state index contributed by atoms with van der Waals surface area (Å²) in [7, 11) is 0. The third kappa shape index (κ3) is 4.64. The van der Waals surface area contributed by atoms with E-state index in [9.17, 15) is 9.59 Å². The van der Waals surface area contributed by atoms with Gasteiger partial charge in [-0.05, 0) is 17.7 Å². The number of nitrogens with zero attached hydrogens (tertiary/aromatic N) is 3. The van der Waals surface area contributed by atoms with Crippen molar-refractivity contribution in [1.29, 1.82) is 0 Å². The van der Waals surface area contributed by atoms with Crippen LogP contribution in [0, 0.1) is 0 Å². The van der Waals surface area contributed by atoms with Crippen molar-refractivity contribution in [2.24, 2.45) is 0 Å². The number of ether oxygens (including phenoxy) is 1. The van der Waals surface area contributed by atoms with Crippen molar-refractivity contribution in [3.05, 3.63) is 104 Å². The van der Waals surface area contributed by atoms with Crippen molar-refractivity contribution in [3.63, 3.8) is 0 Å². The summed E-state index contributed by atoms with van der Waals surface area (Å²) < 4.78 is 6.57. The van der Waals surface area contributed by atoms with Gasteiger partial charge < -0.3 is 4.74 Å². The highest BCUT2D eigenvalue weighted by atomic mass is 35.5. The third-order valence-corrected chi connectivity index (χ3v) is 5.51. The summed E-state index contributed by atoms with van der Waals surface area (Å²) in [5, 5.41) is 7.32. The summed E-state index contributed by atoms with van der Waals surface area (Å²) in [6, 6.07) is 19.5. The van der Waals surface area contributed by atoms with E-state index in [4.69, 9.17) is 16.3 Å². The Morgan fingerprint density at radius 2 is 1.80 bits per heavy atom. The molecule has 4 rings (SSSR count). The largest absolute Gasteiger partial charge is 0.454 e. The van der Waals surface area contributed by atoms with E-state index in [-0.39, 0.29) is 24.4 Å². The average Bonchev–Trinajstić information content (AvgIpc) is 3.23. The number of benzene rings is 2. The Morgan fingerprint density at radius 1 is 1.03 bits per heavy atom. The van der Waals surface area contributed by atoms with E-state index in [1.165, 1.54) is 28.2 Å². The van der Waals surface area contributed by atoms with E-state index < -0.39 is 5.97 Å². The first-order chi connectivity index (χ1) is 14.6. The molecule has 0 aliphatic carbocycles. The van der Waals surface area contributed by atoms with E-state index in [0.29, 0.717) is 10.7 Å². The Kier molecular flexibility index (Phi) is 6.02. The van der Waals surface area contributed by atoms with Gasteiger partial charge in [0.15, 0.2) is 5.69 Å². The van der Waals surface area contributed by atoms with E-state index in [1.54, 1.807) is 6.07 Å². The molecule has 8 heteroatoms. The molecule has 0 amide bonds. The number of hydrogen-bond acceptors (Lipinski definition) is 6. The molecule has 0 spiro atoms. The number of rotatable bonds is 6. The van der Waals surface area contributed by atoms with Crippen LogP contribution in [0.3, 0.4) is 0 Å². The van der Waals surface area contributed by atoms with Gasteiger partial charge in [-0.3, -0.25) is 4.79 Å². The standard InChI is InChI=1S/C22H16ClN3O3S/c23-18-9-5-4-8-17(18)21-24-16(14-30-21)13-29-22(28)19-10-11-20(27)26(25-19)12-15-6-2-1-3-7-15/h1-11,14H,12-13H2. The lowest BCUT2D eigenvalue weighted by Gasteiger charge is -2.07. The molecule has 0 bridgehead atoms. The van der Waals surface area contributed by atoms with Crippen LogP contribution < -0.4 is 5.56 Å². The van der Waals surface area contributed by atoms with E-state index in [1.807, 2.05) is 53.9 Å². The van der Waals surface area contributed by atoms with Gasteiger partial charge in [-0.1, -0.05) is 60.1 Å². The van der Waals surface area contributed by atoms with Crippen molar-refractivity contribution in [2.45, 2.75) is 13.2 Å². The van der Waals surface area contributed by atoms with Crippen LogP contribution in [0.15, 0.2) is 76.9 Å². The molecule has 4 aromatic rings. The molecule has 0 aliphatic heterocycles. The molecule has 150 valence electrons. The third-order valence-electron chi connectivity index (χ3n) is 4.26. The van der Waals surface area contributed by atoms with Crippen molar-refractivity contribution in [2.75, 3.05) is 0 Å². The van der Waals surface area contributed by atoms with Crippen LogP contribution in [0.4, 0.5) is 0 Å². The maximum atomic E-state index is 12.4. The molecule has 0 radical (unpaired) electrons. The Balaban J connectivity index is 1.44. The lowest BCUT2D eigenvalue weighted by molar-refractivity contribution is 0.0458. The average molecular weight is 438 g/mol. The summed E-state index contributed by atoms with van der Waals surface area (Å²) in [6.45, 7) is 0.271. The molecule has 0 unspecified atom stereocenters. The molecule has 0 atom stereocenters. The van der Waals surface area contributed by atoms with Gasteiger partial charge in [-0.25, -0.2) is 14.5 Å². The summed E-state index contributed by atoms with van der Waals surface area (Å²) in [5.41, 5.74) is 2.12. The maximum absolute atomic E-state index is 12.4. The van der Waals surface area contributed by atoms with Crippen LogP contribution in [0.1, 0.15) is 21.7 Å². The lowest BCUT2D eigenvalue weighted by Crippen LogP contribution is -2.25. The molecule has 2 aromatic heterocycles. The zero-order valence-corrected chi connectivity index (χ0v) is 17.3. The zero-order chi connectivity index (χ0) is 20.9. The molecular weight excluding hydrogens is 422 g/mol. The fourth-order valence-electron chi connectivity index (χ4n) is 2.77. The second-order valence-electron chi connectivity index (χ2n) is 6.40. The number of aromatic nitrogens is 3. The van der Waals surface area contributed by atoms with Gasteiger partial charge in [0.05, 0.1) is 17.3 Å². The molecule has 0 saturated carbocycles. The molecule has 2 aromatic carbocycles. The smallest absolute Gasteiger partial charge is 0.359 e. The van der Waals surface area contributed by atoms with Gasteiger partial charge in [0.1, 0.15) is 11.6 Å². The summed E-state index contributed by atoms with van der Waals surface area (Å²) in [4.78, 5) is 29.0. The topological polar surface area (TPSA) is 74.1 Å². The SMILES string of the molecule is O=C(OCc1csc(-c2ccccc2Cl)n1)c1ccc(=O)n(Cc2ccccc2)n1. The van der Waals surface area contributed by atoms with E-state index in [0.717, 1.165) is 16.1 Å². The number of carbonyl (C=O) groups excluding carboxylic acids is 1. The van der Waals surface area contributed by atoms with Crippen LogP contribution in [0.2, 0.25) is 5.02 Å². The summed E-state index contributed by atoms with van der Waals surface area (Å²) >= 11 is 7.63. The minimum absolute atomic E-state index is 0.000717. The van der Waals surface area contributed by atoms with E-state index >= 15 is 0 Å². The molecule has 2 heterocycles. The first-order valence-corrected chi connectivity index (χ1v) is 10.3. The summed E-state index contributed by atoms with van der Waals surface area (Å²) in [6.07, 6.45) is 0. The molecular formula is C22H16ClN3O3S. The number of thiazole rings is 1. The van der Waals surface area contributed by atoms with Crippen molar-refractivity contribution < 1.29 is 9.53 Å². The number of hydrogen-bond donors (Lipinski definition) is 0. The highest BCUT2D eigenvalue weighted by Crippen LogP contribution is 2.30. The predicted molar refractivity (Wildman–Crippen MR) is 116 cm³/mol. The Hall–Kier alpha value is -3.29. The van der Waals surface area contributed by atoms with Crippen LogP contribution in [0.25, 0.3) is 10.6 Å². The fraction of sp³-hybridized carbons (Fsp3) is 0.0909. The molecule has 6 nitrogen and oxygen atoms in total. The molecule has 0 aliphatic rings. The quantitative estimate of drug-likeness (QED) is 0.417. The second kappa shape index (κ2) is 9.02. The predicted octanol–water partition coefficient (Wildman–Crippen LogP) is 4.43.